The van der Waals surface area contributed by atoms with Gasteiger partial charge in [-0.1, -0.05) is 12.1 Å². The van der Waals surface area contributed by atoms with Gasteiger partial charge in [0.05, 0.1) is 17.7 Å². The molecule has 0 saturated carbocycles. The number of benzene rings is 1. The summed E-state index contributed by atoms with van der Waals surface area (Å²) in [5, 5.41) is 9.19. The minimum Gasteiger partial charge on any atom is -0.480 e. The summed E-state index contributed by atoms with van der Waals surface area (Å²) >= 11 is 0. The molecule has 2 rings (SSSR count). The molecule has 1 aromatic rings. The van der Waals surface area contributed by atoms with Crippen LogP contribution in [0.1, 0.15) is 31.8 Å². The third-order valence-corrected chi connectivity index (χ3v) is 3.41. The van der Waals surface area contributed by atoms with E-state index >= 15 is 0 Å². The minimum absolute atomic E-state index is 0.237. The van der Waals surface area contributed by atoms with Crippen LogP contribution in [0.25, 0.3) is 0 Å². The van der Waals surface area contributed by atoms with Gasteiger partial charge in [0, 0.05) is 7.11 Å². The third kappa shape index (κ3) is 1.98. The number of fused-ring (bicyclic) bond motifs is 1. The summed E-state index contributed by atoms with van der Waals surface area (Å²) in [4.78, 5) is 36.8. The van der Waals surface area contributed by atoms with Gasteiger partial charge in [0.2, 0.25) is 0 Å². The predicted octanol–water partition coefficient (Wildman–Crippen LogP) is 0.999. The van der Waals surface area contributed by atoms with Gasteiger partial charge in [-0.3, -0.25) is 14.5 Å². The lowest BCUT2D eigenvalue weighted by Crippen LogP contribution is -2.47. The van der Waals surface area contributed by atoms with Gasteiger partial charge < -0.3 is 9.84 Å². The predicted molar refractivity (Wildman–Crippen MR) is 69.7 cm³/mol. The molecular weight excluding hydrogens is 262 g/mol. The standard InChI is InChI=1S/C14H15NO5/c1-7-4-5-8(2)11-10(7)12(16)15(13(11)17)9(6-20-3)14(18)19/h4-5,9H,6H2,1-3H3,(H,18,19). The Kier molecular flexibility index (Phi) is 3.59. The Morgan fingerprint density at radius 1 is 1.20 bits per heavy atom. The van der Waals surface area contributed by atoms with E-state index in [1.165, 1.54) is 7.11 Å². The number of nitrogens with zero attached hydrogens (tertiary/aromatic N) is 1. The Bertz CT molecular complexity index is 567. The van der Waals surface area contributed by atoms with Gasteiger partial charge in [0.25, 0.3) is 11.8 Å². The summed E-state index contributed by atoms with van der Waals surface area (Å²) in [5.41, 5.74) is 1.90. The molecule has 0 radical (unpaired) electrons. The zero-order valence-electron chi connectivity index (χ0n) is 11.5. The minimum atomic E-state index is -1.31. The number of methoxy groups -OCH3 is 1. The Morgan fingerprint density at radius 2 is 1.65 bits per heavy atom. The molecule has 0 spiro atoms. The molecule has 0 aromatic heterocycles. The molecule has 1 heterocycles. The maximum Gasteiger partial charge on any atom is 0.329 e. The number of aliphatic carboxylic acids is 1. The number of aryl methyl sites for hydroxylation is 2. The average Bonchev–Trinajstić information content (AvgIpc) is 2.64. The van der Waals surface area contributed by atoms with Crippen LogP contribution in [0.4, 0.5) is 0 Å². The normalized spacial score (nSPS) is 15.4. The molecule has 6 nitrogen and oxygen atoms in total. The topological polar surface area (TPSA) is 83.9 Å². The quantitative estimate of drug-likeness (QED) is 0.830. The fourth-order valence-corrected chi connectivity index (χ4v) is 2.39. The first kappa shape index (κ1) is 14.2. The fourth-order valence-electron chi connectivity index (χ4n) is 2.39. The highest BCUT2D eigenvalue weighted by Crippen LogP contribution is 2.30. The number of ether oxygens (including phenoxy) is 1. The van der Waals surface area contributed by atoms with Crippen molar-refractivity contribution in [2.75, 3.05) is 13.7 Å². The van der Waals surface area contributed by atoms with Crippen molar-refractivity contribution in [3.8, 4) is 0 Å². The van der Waals surface area contributed by atoms with E-state index in [0.29, 0.717) is 11.1 Å². The van der Waals surface area contributed by atoms with Crippen LogP contribution in [0.5, 0.6) is 0 Å². The van der Waals surface area contributed by atoms with E-state index in [-0.39, 0.29) is 17.7 Å². The zero-order chi connectivity index (χ0) is 15.0. The summed E-state index contributed by atoms with van der Waals surface area (Å²) in [6.07, 6.45) is 0. The lowest BCUT2D eigenvalue weighted by atomic mass is 9.99. The average molecular weight is 277 g/mol. The molecule has 0 fully saturated rings. The molecule has 1 atom stereocenters. The molecule has 0 aliphatic carbocycles. The van der Waals surface area contributed by atoms with E-state index in [0.717, 1.165) is 4.90 Å². The maximum absolute atomic E-state index is 12.4. The number of hydrogen-bond acceptors (Lipinski definition) is 4. The summed E-state index contributed by atoms with van der Waals surface area (Å²) in [6, 6.07) is 2.18. The highest BCUT2D eigenvalue weighted by Gasteiger charge is 2.44. The number of rotatable bonds is 4. The molecule has 20 heavy (non-hydrogen) atoms. The van der Waals surface area contributed by atoms with Crippen LogP contribution in [0, 0.1) is 13.8 Å². The number of carboxylic acids is 1. The molecule has 1 aromatic carbocycles. The summed E-state index contributed by atoms with van der Waals surface area (Å²) in [5.74, 6) is -2.41. The van der Waals surface area contributed by atoms with Gasteiger partial charge in [-0.15, -0.1) is 0 Å². The molecule has 0 saturated heterocycles. The van der Waals surface area contributed by atoms with E-state index in [9.17, 15) is 19.5 Å². The second kappa shape index (κ2) is 5.05. The second-order valence-electron chi connectivity index (χ2n) is 4.74. The van der Waals surface area contributed by atoms with Gasteiger partial charge in [0.1, 0.15) is 0 Å². The molecule has 2 amide bonds. The van der Waals surface area contributed by atoms with Crippen molar-refractivity contribution in [3.63, 3.8) is 0 Å². The monoisotopic (exact) mass is 277 g/mol. The Balaban J connectivity index is 2.54. The first-order valence-corrected chi connectivity index (χ1v) is 6.10. The number of carbonyl (C=O) groups is 3. The van der Waals surface area contributed by atoms with Crippen LogP contribution in [-0.4, -0.2) is 47.5 Å². The van der Waals surface area contributed by atoms with Crippen LogP contribution in [0.2, 0.25) is 0 Å². The highest BCUT2D eigenvalue weighted by molar-refractivity contribution is 6.23. The van der Waals surface area contributed by atoms with Gasteiger partial charge in [-0.2, -0.15) is 0 Å². The van der Waals surface area contributed by atoms with Crippen molar-refractivity contribution in [1.82, 2.24) is 4.90 Å². The van der Waals surface area contributed by atoms with E-state index in [1.807, 2.05) is 0 Å². The Labute approximate surface area is 115 Å². The molecule has 6 heteroatoms. The summed E-state index contributed by atoms with van der Waals surface area (Å²) < 4.78 is 4.81. The Morgan fingerprint density at radius 3 is 2.00 bits per heavy atom. The first-order valence-electron chi connectivity index (χ1n) is 6.10. The van der Waals surface area contributed by atoms with Gasteiger partial charge in [-0.25, -0.2) is 4.79 Å². The lowest BCUT2D eigenvalue weighted by molar-refractivity contribution is -0.143. The molecule has 1 unspecified atom stereocenters. The fraction of sp³-hybridized carbons (Fsp3) is 0.357. The van der Waals surface area contributed by atoms with Crippen molar-refractivity contribution >= 4 is 17.8 Å². The lowest BCUT2D eigenvalue weighted by Gasteiger charge is -2.21. The van der Waals surface area contributed by atoms with E-state index in [1.54, 1.807) is 26.0 Å². The van der Waals surface area contributed by atoms with Crippen LogP contribution >= 0.6 is 0 Å². The van der Waals surface area contributed by atoms with E-state index in [4.69, 9.17) is 4.74 Å². The molecular formula is C14H15NO5. The van der Waals surface area contributed by atoms with Crippen molar-refractivity contribution in [3.05, 3.63) is 34.4 Å². The van der Waals surface area contributed by atoms with E-state index < -0.39 is 23.8 Å². The largest absolute Gasteiger partial charge is 0.480 e. The summed E-state index contributed by atoms with van der Waals surface area (Å²) in [6.45, 7) is 3.21. The van der Waals surface area contributed by atoms with Crippen molar-refractivity contribution < 1.29 is 24.2 Å². The number of carboxylic acid groups (broad SMARTS) is 1. The van der Waals surface area contributed by atoms with Crippen LogP contribution < -0.4 is 0 Å². The summed E-state index contributed by atoms with van der Waals surface area (Å²) in [7, 11) is 1.32. The van der Waals surface area contributed by atoms with Crippen molar-refractivity contribution in [1.29, 1.82) is 0 Å². The van der Waals surface area contributed by atoms with Crippen LogP contribution in [-0.2, 0) is 9.53 Å². The molecule has 1 aliphatic heterocycles. The molecule has 1 aliphatic rings. The molecule has 1 N–H and O–H groups in total. The third-order valence-electron chi connectivity index (χ3n) is 3.41. The van der Waals surface area contributed by atoms with Crippen molar-refractivity contribution in [2.24, 2.45) is 0 Å². The number of imide groups is 1. The van der Waals surface area contributed by atoms with Gasteiger partial charge in [-0.05, 0) is 25.0 Å². The number of carbonyl (C=O) groups excluding carboxylic acids is 2. The van der Waals surface area contributed by atoms with Crippen molar-refractivity contribution in [2.45, 2.75) is 19.9 Å². The SMILES string of the molecule is COCC(C(=O)O)N1C(=O)c2c(C)ccc(C)c2C1=O. The highest BCUT2D eigenvalue weighted by atomic mass is 16.5. The van der Waals surface area contributed by atoms with Gasteiger partial charge >= 0.3 is 5.97 Å². The second-order valence-corrected chi connectivity index (χ2v) is 4.74. The number of hydrogen-bond donors (Lipinski definition) is 1. The Hall–Kier alpha value is -2.21. The smallest absolute Gasteiger partial charge is 0.329 e. The number of amides is 2. The van der Waals surface area contributed by atoms with Gasteiger partial charge in [0.15, 0.2) is 6.04 Å². The van der Waals surface area contributed by atoms with Crippen LogP contribution in [0.15, 0.2) is 12.1 Å². The van der Waals surface area contributed by atoms with E-state index in [2.05, 4.69) is 0 Å². The first-order chi connectivity index (χ1) is 9.40. The zero-order valence-corrected chi connectivity index (χ0v) is 11.5. The maximum atomic E-state index is 12.4. The molecule has 106 valence electrons. The molecule has 0 bridgehead atoms. The van der Waals surface area contributed by atoms with Crippen LogP contribution in [0.3, 0.4) is 0 Å².